The first-order valence-corrected chi connectivity index (χ1v) is 29.7. The van der Waals surface area contributed by atoms with Crippen LogP contribution in [-0.4, -0.2) is 87.4 Å². The Morgan fingerprint density at radius 3 is 1.19 bits per heavy atom. The number of carboxylic acids is 1. The fourth-order valence-corrected chi connectivity index (χ4v) is 7.66. The first kappa shape index (κ1) is 70.7. The maximum atomic E-state index is 12.9. The smallest absolute Gasteiger partial charge is 0.361 e. The van der Waals surface area contributed by atoms with Gasteiger partial charge in [0.2, 0.25) is 0 Å². The van der Waals surface area contributed by atoms with E-state index >= 15 is 0 Å². The lowest BCUT2D eigenvalue weighted by Crippen LogP contribution is -2.40. The van der Waals surface area contributed by atoms with Gasteiger partial charge in [-0.1, -0.05) is 225 Å². The summed E-state index contributed by atoms with van der Waals surface area (Å²) in [5.74, 6) is -2.10. The standard InChI is InChI=1S/C66H109NO8/c1-6-8-10-12-14-16-18-20-22-24-26-28-29-30-31-32-33-34-35-37-39-41-43-45-47-49-51-53-55-57-64(69)75-62(61-74-66(65(70)71)72-59-58-67(3,4)5)60-73-63(68)56-54-52-50-48-46-44-42-40-38-36-27-25-23-21-19-17-15-13-11-9-7-2/h8,10,14,16,20,22,25-28,30-31,33-34,37,39,43,45,49,51,62,66H,6-7,9,11-13,15,17-19,21,23-24,29,32,35-36,38,40-42,44,46-48,50,52-61H2,1-5H3/p+1/b10-8-,16-14-,22-20-,27-25-,28-26-,31-30-,34-33-,39-37-,45-43-,51-49-. The van der Waals surface area contributed by atoms with E-state index in [1.807, 2.05) is 21.1 Å². The van der Waals surface area contributed by atoms with Gasteiger partial charge in [-0.25, -0.2) is 4.79 Å². The molecule has 0 spiro atoms. The Bertz CT molecular complexity index is 1640. The van der Waals surface area contributed by atoms with Crippen molar-refractivity contribution in [3.63, 3.8) is 0 Å². The third-order valence-electron chi connectivity index (χ3n) is 12.2. The van der Waals surface area contributed by atoms with Gasteiger partial charge in [0.25, 0.3) is 6.29 Å². The fourth-order valence-electron chi connectivity index (χ4n) is 7.66. The molecule has 9 heteroatoms. The minimum atomic E-state index is -1.53. The highest BCUT2D eigenvalue weighted by molar-refractivity contribution is 5.71. The van der Waals surface area contributed by atoms with Crippen LogP contribution in [0.15, 0.2) is 122 Å². The van der Waals surface area contributed by atoms with Gasteiger partial charge in [-0.2, -0.15) is 0 Å². The Morgan fingerprint density at radius 1 is 0.413 bits per heavy atom. The van der Waals surface area contributed by atoms with E-state index in [0.29, 0.717) is 23.9 Å². The van der Waals surface area contributed by atoms with E-state index in [0.717, 1.165) is 77.0 Å². The van der Waals surface area contributed by atoms with E-state index in [9.17, 15) is 19.5 Å². The average molecular weight is 1050 g/mol. The lowest BCUT2D eigenvalue weighted by atomic mass is 10.1. The van der Waals surface area contributed by atoms with Crippen LogP contribution in [-0.2, 0) is 33.3 Å². The van der Waals surface area contributed by atoms with E-state index in [2.05, 4.69) is 135 Å². The highest BCUT2D eigenvalue weighted by Crippen LogP contribution is 2.14. The lowest BCUT2D eigenvalue weighted by molar-refractivity contribution is -0.870. The number of hydrogen-bond acceptors (Lipinski definition) is 7. The molecule has 9 nitrogen and oxygen atoms in total. The second kappa shape index (κ2) is 55.9. The van der Waals surface area contributed by atoms with Crippen LogP contribution in [0.25, 0.3) is 0 Å². The fraction of sp³-hybridized carbons (Fsp3) is 0.652. The van der Waals surface area contributed by atoms with E-state index in [1.54, 1.807) is 0 Å². The Morgan fingerprint density at radius 2 is 0.773 bits per heavy atom. The number of likely N-dealkylation sites (N-methyl/N-ethyl adjacent to an activating group) is 1. The van der Waals surface area contributed by atoms with Crippen LogP contribution in [0.2, 0.25) is 0 Å². The number of carboxylic acid groups (broad SMARTS) is 1. The van der Waals surface area contributed by atoms with E-state index < -0.39 is 24.3 Å². The van der Waals surface area contributed by atoms with Gasteiger partial charge in [-0.15, -0.1) is 0 Å². The van der Waals surface area contributed by atoms with Gasteiger partial charge < -0.3 is 28.5 Å². The molecule has 75 heavy (non-hydrogen) atoms. The van der Waals surface area contributed by atoms with Crippen LogP contribution in [0.3, 0.4) is 0 Å². The van der Waals surface area contributed by atoms with Crippen molar-refractivity contribution in [3.05, 3.63) is 122 Å². The molecule has 1 N–H and O–H groups in total. The summed E-state index contributed by atoms with van der Waals surface area (Å²) in [6, 6.07) is 0. The highest BCUT2D eigenvalue weighted by atomic mass is 16.7. The number of esters is 2. The molecule has 2 atom stereocenters. The molecule has 426 valence electrons. The van der Waals surface area contributed by atoms with Gasteiger partial charge in [0.15, 0.2) is 6.10 Å². The third kappa shape index (κ3) is 57.2. The second-order valence-electron chi connectivity index (χ2n) is 20.6. The maximum Gasteiger partial charge on any atom is 0.361 e. The van der Waals surface area contributed by atoms with Crippen LogP contribution in [0.5, 0.6) is 0 Å². The average Bonchev–Trinajstić information content (AvgIpc) is 3.38. The van der Waals surface area contributed by atoms with Crippen molar-refractivity contribution in [2.45, 2.75) is 232 Å². The Labute approximate surface area is 459 Å². The number of aliphatic carboxylic acids is 1. The number of quaternary nitrogens is 1. The molecular weight excluding hydrogens is 935 g/mol. The van der Waals surface area contributed by atoms with Gasteiger partial charge in [0, 0.05) is 12.8 Å². The largest absolute Gasteiger partial charge is 0.477 e. The van der Waals surface area contributed by atoms with E-state index in [4.69, 9.17) is 18.9 Å². The highest BCUT2D eigenvalue weighted by Gasteiger charge is 2.25. The van der Waals surface area contributed by atoms with Crippen molar-refractivity contribution < 1.29 is 42.9 Å². The number of ether oxygens (including phenoxy) is 4. The zero-order valence-corrected chi connectivity index (χ0v) is 48.4. The molecule has 0 aromatic rings. The van der Waals surface area contributed by atoms with Gasteiger partial charge in [0.1, 0.15) is 13.2 Å². The quantitative estimate of drug-likeness (QED) is 0.0211. The van der Waals surface area contributed by atoms with Gasteiger partial charge >= 0.3 is 17.9 Å². The Kier molecular flexibility index (Phi) is 52.7. The van der Waals surface area contributed by atoms with E-state index in [1.165, 1.54) is 103 Å². The molecule has 0 bridgehead atoms. The number of rotatable bonds is 53. The van der Waals surface area contributed by atoms with Gasteiger partial charge in [0.05, 0.1) is 34.4 Å². The molecule has 0 saturated heterocycles. The van der Waals surface area contributed by atoms with Gasteiger partial charge in [-0.05, 0) is 103 Å². The van der Waals surface area contributed by atoms with Crippen molar-refractivity contribution in [1.82, 2.24) is 0 Å². The summed E-state index contributed by atoms with van der Waals surface area (Å²) in [5, 5.41) is 9.70. The summed E-state index contributed by atoms with van der Waals surface area (Å²) in [7, 11) is 5.94. The summed E-state index contributed by atoms with van der Waals surface area (Å²) in [4.78, 5) is 37.4. The molecular formula is C66H110NO8+. The van der Waals surface area contributed by atoms with Crippen LogP contribution in [0, 0.1) is 0 Å². The minimum absolute atomic E-state index is 0.170. The minimum Gasteiger partial charge on any atom is -0.477 e. The van der Waals surface area contributed by atoms with Crippen molar-refractivity contribution >= 4 is 17.9 Å². The number of carbonyl (C=O) groups excluding carboxylic acids is 2. The zero-order chi connectivity index (χ0) is 54.8. The number of carbonyl (C=O) groups is 3. The first-order chi connectivity index (χ1) is 36.6. The first-order valence-electron chi connectivity index (χ1n) is 29.7. The molecule has 0 rings (SSSR count). The van der Waals surface area contributed by atoms with E-state index in [-0.39, 0.29) is 38.6 Å². The van der Waals surface area contributed by atoms with Crippen molar-refractivity contribution in [2.24, 2.45) is 0 Å². The lowest BCUT2D eigenvalue weighted by Gasteiger charge is -2.25. The van der Waals surface area contributed by atoms with Gasteiger partial charge in [-0.3, -0.25) is 9.59 Å². The summed E-state index contributed by atoms with van der Waals surface area (Å²) in [6.45, 7) is 4.69. The van der Waals surface area contributed by atoms with Crippen LogP contribution in [0.4, 0.5) is 0 Å². The SMILES string of the molecule is CC/C=C\C/C=C\C/C=C\C/C=C\C/C=C\C/C=C\C/C=C\C/C=C\C/C=C\CCCC(=O)OC(COC(=O)CCCCCCCCCCC/C=C\CCCCCCCCCC)COC(OCC[N+](C)(C)C)C(=O)O. The molecule has 0 aromatic heterocycles. The van der Waals surface area contributed by atoms with Crippen LogP contribution >= 0.6 is 0 Å². The van der Waals surface area contributed by atoms with Crippen LogP contribution < -0.4 is 0 Å². The third-order valence-corrected chi connectivity index (χ3v) is 12.2. The predicted molar refractivity (Wildman–Crippen MR) is 318 cm³/mol. The molecule has 0 radical (unpaired) electrons. The molecule has 0 heterocycles. The van der Waals surface area contributed by atoms with Crippen molar-refractivity contribution in [1.29, 1.82) is 0 Å². The number of allylic oxidation sites excluding steroid dienone is 20. The molecule has 0 saturated carbocycles. The maximum absolute atomic E-state index is 12.9. The molecule has 0 aliphatic carbocycles. The van der Waals surface area contributed by atoms with Crippen LogP contribution in [0.1, 0.15) is 219 Å². The topological polar surface area (TPSA) is 108 Å². The van der Waals surface area contributed by atoms with Crippen molar-refractivity contribution in [2.75, 3.05) is 47.5 Å². The normalized spacial score (nSPS) is 13.7. The summed E-state index contributed by atoms with van der Waals surface area (Å²) >= 11 is 0. The molecule has 0 fully saturated rings. The van der Waals surface area contributed by atoms with Crippen molar-refractivity contribution in [3.8, 4) is 0 Å². The Balaban J connectivity index is 4.39. The number of hydrogen-bond donors (Lipinski definition) is 1. The summed E-state index contributed by atoms with van der Waals surface area (Å²) in [5.41, 5.74) is 0. The monoisotopic (exact) mass is 1040 g/mol. The molecule has 0 aliphatic rings. The number of nitrogens with zero attached hydrogens (tertiary/aromatic N) is 1. The summed E-state index contributed by atoms with van der Waals surface area (Å²) < 4.78 is 22.8. The Hall–Kier alpha value is -4.31. The second-order valence-corrected chi connectivity index (χ2v) is 20.6. The zero-order valence-electron chi connectivity index (χ0n) is 48.4. The predicted octanol–water partition coefficient (Wildman–Crippen LogP) is 17.7. The molecule has 2 unspecified atom stereocenters. The molecule has 0 aromatic carbocycles. The summed E-state index contributed by atoms with van der Waals surface area (Å²) in [6.07, 6.45) is 75.7. The molecule has 0 amide bonds. The molecule has 0 aliphatic heterocycles. The number of unbranched alkanes of at least 4 members (excludes halogenated alkanes) is 18.